The highest BCUT2D eigenvalue weighted by atomic mass is 19.1. The zero-order valence-corrected chi connectivity index (χ0v) is 26.6. The highest BCUT2D eigenvalue weighted by Gasteiger charge is 2.34. The van der Waals surface area contributed by atoms with Crippen LogP contribution in [-0.4, -0.2) is 82.4 Å². The Morgan fingerprint density at radius 3 is 2.23 bits per heavy atom. The molecule has 2 aliphatic heterocycles. The first kappa shape index (κ1) is 34.7. The first-order valence-corrected chi connectivity index (χ1v) is 15.9. The van der Waals surface area contributed by atoms with Crippen molar-refractivity contribution < 1.29 is 42.1 Å². The minimum Gasteiger partial charge on any atom is -0.453 e. The Bertz CT molecular complexity index is 1470. The average Bonchev–Trinajstić information content (AvgIpc) is 3.61. The molecule has 5 rings (SSSR count). The van der Waals surface area contributed by atoms with Gasteiger partial charge in [-0.25, -0.2) is 18.4 Å². The first-order valence-electron chi connectivity index (χ1n) is 15.9. The maximum atomic E-state index is 14.0. The van der Waals surface area contributed by atoms with Crippen LogP contribution in [0.2, 0.25) is 0 Å². The number of alkyl carbamates (subject to hydrolysis) is 2. The summed E-state index contributed by atoms with van der Waals surface area (Å²) >= 11 is 0. The van der Waals surface area contributed by atoms with E-state index < -0.39 is 41.7 Å². The van der Waals surface area contributed by atoms with Crippen molar-refractivity contribution in [3.05, 3.63) is 101 Å². The van der Waals surface area contributed by atoms with Crippen molar-refractivity contribution in [2.45, 2.75) is 49.5 Å². The number of carbonyl (C=O) groups excluding carboxylic acids is 3. The number of carbonyl (C=O) groups is 3. The van der Waals surface area contributed by atoms with Gasteiger partial charge >= 0.3 is 12.2 Å². The monoisotopic (exact) mass is 666 g/mol. The minimum absolute atomic E-state index is 0.0605. The number of ether oxygens (including phenoxy) is 4. The van der Waals surface area contributed by atoms with Crippen LogP contribution in [0.25, 0.3) is 0 Å². The summed E-state index contributed by atoms with van der Waals surface area (Å²) in [7, 11) is 1.19. The largest absolute Gasteiger partial charge is 0.453 e. The van der Waals surface area contributed by atoms with Gasteiger partial charge in [-0.3, -0.25) is 4.79 Å². The lowest BCUT2D eigenvalue weighted by Gasteiger charge is -2.31. The van der Waals surface area contributed by atoms with Crippen molar-refractivity contribution in [2.24, 2.45) is 0 Å². The minimum atomic E-state index is -1.21. The number of aryl methyl sites for hydroxylation is 1. The number of anilines is 1. The van der Waals surface area contributed by atoms with Gasteiger partial charge in [0.25, 0.3) is 0 Å². The Balaban J connectivity index is 1.22. The molecule has 3 aromatic carbocycles. The van der Waals surface area contributed by atoms with E-state index >= 15 is 0 Å². The lowest BCUT2D eigenvalue weighted by Crippen LogP contribution is -2.51. The number of amides is 3. The third kappa shape index (κ3) is 9.72. The van der Waals surface area contributed by atoms with E-state index in [1.165, 1.54) is 55.6 Å². The van der Waals surface area contributed by atoms with Crippen molar-refractivity contribution in [3.63, 3.8) is 0 Å². The SMILES string of the molecule is COC(=O)N[C@H](C(=O)Nc1ccccc1CC[C@@H]1CN[C@H](CNC(=O)OC2CCOC2)CO1)C(c1ccc(F)cc1)c1ccc(F)cc1. The van der Waals surface area contributed by atoms with Crippen LogP contribution < -0.4 is 21.3 Å². The summed E-state index contributed by atoms with van der Waals surface area (Å²) in [5, 5.41) is 11.8. The van der Waals surface area contributed by atoms with Crippen LogP contribution in [0.15, 0.2) is 72.8 Å². The number of nitrogens with one attached hydrogen (secondary N) is 4. The molecular weight excluding hydrogens is 626 g/mol. The Kier molecular flexibility index (Phi) is 12.3. The third-order valence-electron chi connectivity index (χ3n) is 8.37. The van der Waals surface area contributed by atoms with Crippen molar-refractivity contribution in [1.82, 2.24) is 16.0 Å². The average molecular weight is 667 g/mol. The van der Waals surface area contributed by atoms with E-state index in [4.69, 9.17) is 18.9 Å². The first-order chi connectivity index (χ1) is 23.3. The van der Waals surface area contributed by atoms with Crippen molar-refractivity contribution in [2.75, 3.05) is 45.3 Å². The molecule has 13 heteroatoms. The topological polar surface area (TPSA) is 136 Å². The second-order valence-electron chi connectivity index (χ2n) is 11.7. The normalized spacial score (nSPS) is 19.7. The molecule has 11 nitrogen and oxygen atoms in total. The van der Waals surface area contributed by atoms with Gasteiger partial charge in [-0.2, -0.15) is 0 Å². The molecule has 2 fully saturated rings. The second-order valence-corrected chi connectivity index (χ2v) is 11.7. The van der Waals surface area contributed by atoms with Gasteiger partial charge in [0.1, 0.15) is 23.8 Å². The van der Waals surface area contributed by atoms with Gasteiger partial charge in [-0.1, -0.05) is 42.5 Å². The van der Waals surface area contributed by atoms with E-state index in [1.54, 1.807) is 12.1 Å². The second kappa shape index (κ2) is 17.0. The number of methoxy groups -OCH3 is 1. The lowest BCUT2D eigenvalue weighted by atomic mass is 9.84. The van der Waals surface area contributed by atoms with Crippen LogP contribution in [0.4, 0.5) is 24.1 Å². The van der Waals surface area contributed by atoms with Crippen LogP contribution in [0.3, 0.4) is 0 Å². The number of rotatable bonds is 12. The molecule has 1 unspecified atom stereocenters. The summed E-state index contributed by atoms with van der Waals surface area (Å²) in [6.45, 7) is 2.37. The summed E-state index contributed by atoms with van der Waals surface area (Å²) in [5.41, 5.74) is 2.47. The molecule has 2 saturated heterocycles. The highest BCUT2D eigenvalue weighted by molar-refractivity contribution is 5.98. The molecule has 0 aliphatic carbocycles. The fraction of sp³-hybridized carbons (Fsp3) is 0.400. The zero-order chi connectivity index (χ0) is 33.9. The maximum absolute atomic E-state index is 14.0. The molecule has 0 spiro atoms. The Labute approximate surface area is 277 Å². The summed E-state index contributed by atoms with van der Waals surface area (Å²) in [5.74, 6) is -2.28. The maximum Gasteiger partial charge on any atom is 0.407 e. The van der Waals surface area contributed by atoms with Crippen molar-refractivity contribution in [1.29, 1.82) is 0 Å². The summed E-state index contributed by atoms with van der Waals surface area (Å²) < 4.78 is 49.2. The Morgan fingerprint density at radius 2 is 1.62 bits per heavy atom. The van der Waals surface area contributed by atoms with Crippen LogP contribution in [0.5, 0.6) is 0 Å². The van der Waals surface area contributed by atoms with Crippen LogP contribution in [0, 0.1) is 11.6 Å². The molecule has 3 aromatic rings. The van der Waals surface area contributed by atoms with Gasteiger partial charge in [-0.05, 0) is 59.9 Å². The third-order valence-corrected chi connectivity index (χ3v) is 8.37. The van der Waals surface area contributed by atoms with Crippen LogP contribution >= 0.6 is 0 Å². The summed E-state index contributed by atoms with van der Waals surface area (Å²) in [6.07, 6.45) is 0.315. The molecule has 48 heavy (non-hydrogen) atoms. The van der Waals surface area contributed by atoms with E-state index in [1.807, 2.05) is 12.1 Å². The zero-order valence-electron chi connectivity index (χ0n) is 26.6. The fourth-order valence-electron chi connectivity index (χ4n) is 5.78. The number of morpholine rings is 1. The summed E-state index contributed by atoms with van der Waals surface area (Å²) in [4.78, 5) is 38.5. The van der Waals surface area contributed by atoms with Crippen molar-refractivity contribution in [3.8, 4) is 0 Å². The molecule has 3 amide bonds. The number of halogens is 2. The number of para-hydroxylation sites is 1. The summed E-state index contributed by atoms with van der Waals surface area (Å²) in [6, 6.07) is 17.2. The molecule has 4 N–H and O–H groups in total. The van der Waals surface area contributed by atoms with E-state index in [9.17, 15) is 23.2 Å². The molecule has 0 radical (unpaired) electrons. The predicted molar refractivity (Wildman–Crippen MR) is 173 cm³/mol. The highest BCUT2D eigenvalue weighted by Crippen LogP contribution is 2.30. The number of benzene rings is 3. The van der Waals surface area contributed by atoms with E-state index in [0.29, 0.717) is 69.0 Å². The van der Waals surface area contributed by atoms with Gasteiger partial charge in [0.05, 0.1) is 33.0 Å². The van der Waals surface area contributed by atoms with Crippen LogP contribution in [-0.2, 0) is 30.2 Å². The molecule has 0 bridgehead atoms. The molecule has 2 aliphatic rings. The quantitative estimate of drug-likeness (QED) is 0.225. The molecule has 0 saturated carbocycles. The van der Waals surface area contributed by atoms with Gasteiger partial charge in [0, 0.05) is 37.2 Å². The van der Waals surface area contributed by atoms with Gasteiger partial charge in [-0.15, -0.1) is 0 Å². The predicted octanol–water partition coefficient (Wildman–Crippen LogP) is 4.26. The van der Waals surface area contributed by atoms with Gasteiger partial charge in [0.2, 0.25) is 5.91 Å². The van der Waals surface area contributed by atoms with Gasteiger partial charge < -0.3 is 40.2 Å². The van der Waals surface area contributed by atoms with Gasteiger partial charge in [0.15, 0.2) is 0 Å². The Hall–Kier alpha value is -4.59. The standard InChI is InChI=1S/C35H40F2N4O7/c1-45-35(44)41-32(31(23-6-11-25(36)12-7-23)24-8-13-26(37)14-9-24)33(42)40-30-5-3-2-4-22(30)10-15-28-19-38-27(20-47-28)18-39-34(43)48-29-16-17-46-21-29/h2-9,11-14,27-29,31-32,38H,10,15-21H2,1H3,(H,39,43)(H,40,42)(H,41,44)/t27-,28-,29?,32+/m1/s1. The molecule has 2 heterocycles. The molecule has 0 aromatic heterocycles. The smallest absolute Gasteiger partial charge is 0.407 e. The van der Waals surface area contributed by atoms with Crippen LogP contribution in [0.1, 0.15) is 35.4 Å². The number of hydrogen-bond donors (Lipinski definition) is 4. The lowest BCUT2D eigenvalue weighted by molar-refractivity contribution is -0.118. The number of hydrogen-bond acceptors (Lipinski definition) is 8. The fourth-order valence-corrected chi connectivity index (χ4v) is 5.78. The van der Waals surface area contributed by atoms with E-state index in [-0.39, 0.29) is 18.2 Å². The molecule has 4 atom stereocenters. The van der Waals surface area contributed by atoms with Crippen molar-refractivity contribution >= 4 is 23.8 Å². The molecule has 256 valence electrons. The van der Waals surface area contributed by atoms with E-state index in [0.717, 1.165) is 5.56 Å². The Morgan fingerprint density at radius 1 is 0.938 bits per heavy atom. The molecular formula is C35H40F2N4O7. The van der Waals surface area contributed by atoms with E-state index in [2.05, 4.69) is 21.3 Å².